The summed E-state index contributed by atoms with van der Waals surface area (Å²) in [6.07, 6.45) is 3.39. The number of methoxy groups -OCH3 is 2. The van der Waals surface area contributed by atoms with E-state index in [9.17, 15) is 4.79 Å². The maximum absolute atomic E-state index is 12.5. The van der Waals surface area contributed by atoms with Crippen LogP contribution in [0.15, 0.2) is 47.8 Å². The van der Waals surface area contributed by atoms with Gasteiger partial charge in [-0.2, -0.15) is 0 Å². The lowest BCUT2D eigenvalue weighted by Crippen LogP contribution is -2.12. The number of nitrogens with zero attached hydrogens (tertiary/aromatic N) is 1. The average Bonchev–Trinajstić information content (AvgIpc) is 3.21. The first kappa shape index (κ1) is 20.7. The van der Waals surface area contributed by atoms with E-state index in [4.69, 9.17) is 9.47 Å². The molecule has 0 radical (unpaired) electrons. The molecule has 0 bridgehead atoms. The van der Waals surface area contributed by atoms with E-state index < -0.39 is 0 Å². The molecule has 1 aromatic heterocycles. The number of hydrogen-bond donors (Lipinski definition) is 2. The summed E-state index contributed by atoms with van der Waals surface area (Å²) in [4.78, 5) is 16.9. The van der Waals surface area contributed by atoms with Gasteiger partial charge in [-0.05, 0) is 42.7 Å². The van der Waals surface area contributed by atoms with Crippen molar-refractivity contribution in [3.63, 3.8) is 0 Å². The van der Waals surface area contributed by atoms with Crippen molar-refractivity contribution in [1.82, 2.24) is 4.98 Å². The fourth-order valence-electron chi connectivity index (χ4n) is 2.80. The van der Waals surface area contributed by atoms with E-state index >= 15 is 0 Å². The predicted molar refractivity (Wildman–Crippen MR) is 118 cm³/mol. The average molecular weight is 412 g/mol. The topological polar surface area (TPSA) is 72.5 Å². The number of benzene rings is 2. The van der Waals surface area contributed by atoms with Gasteiger partial charge in [0.05, 0.1) is 14.2 Å². The lowest BCUT2D eigenvalue weighted by molar-refractivity contribution is 0.102. The van der Waals surface area contributed by atoms with Crippen molar-refractivity contribution >= 4 is 33.8 Å². The molecule has 0 atom stereocenters. The fourth-order valence-corrected chi connectivity index (χ4v) is 3.51. The maximum atomic E-state index is 12.5. The van der Waals surface area contributed by atoms with E-state index in [2.05, 4.69) is 34.7 Å². The van der Waals surface area contributed by atoms with E-state index in [1.807, 2.05) is 30.3 Å². The predicted octanol–water partition coefficient (Wildman–Crippen LogP) is 5.50. The Labute approximate surface area is 174 Å². The summed E-state index contributed by atoms with van der Waals surface area (Å²) in [5, 5.41) is 8.43. The normalized spacial score (nSPS) is 10.4. The molecule has 6 nitrogen and oxygen atoms in total. The number of nitrogens with one attached hydrogen (secondary N) is 2. The Morgan fingerprint density at radius 1 is 1.03 bits per heavy atom. The van der Waals surface area contributed by atoms with Gasteiger partial charge < -0.3 is 20.1 Å². The third-order valence-corrected chi connectivity index (χ3v) is 5.16. The smallest absolute Gasteiger partial charge is 0.275 e. The van der Waals surface area contributed by atoms with Crippen LogP contribution in [0.1, 0.15) is 35.8 Å². The molecule has 0 aliphatic heterocycles. The van der Waals surface area contributed by atoms with Gasteiger partial charge in [0.25, 0.3) is 5.91 Å². The quantitative estimate of drug-likeness (QED) is 0.486. The van der Waals surface area contributed by atoms with E-state index in [0.717, 1.165) is 17.8 Å². The van der Waals surface area contributed by atoms with Crippen molar-refractivity contribution in [3.8, 4) is 11.5 Å². The molecule has 0 unspecified atom stereocenters. The van der Waals surface area contributed by atoms with Gasteiger partial charge in [0, 0.05) is 22.8 Å². The second kappa shape index (κ2) is 9.93. The summed E-state index contributed by atoms with van der Waals surface area (Å²) in [5.41, 5.74) is 3.21. The van der Waals surface area contributed by atoms with E-state index in [1.165, 1.54) is 29.7 Å². The number of amides is 1. The Bertz CT molecular complexity index is 954. The number of anilines is 3. The van der Waals surface area contributed by atoms with Crippen LogP contribution in [-0.2, 0) is 6.42 Å². The number of unbranched alkanes of at least 4 members (excludes halogenated alkanes) is 1. The SMILES string of the molecule is CCCCc1ccc(NC(=O)c2csc(Nc3ccc(OC)c(OC)c3)n2)cc1. The van der Waals surface area contributed by atoms with Gasteiger partial charge in [0.2, 0.25) is 0 Å². The lowest BCUT2D eigenvalue weighted by atomic mass is 10.1. The van der Waals surface area contributed by atoms with Gasteiger partial charge in [-0.1, -0.05) is 25.5 Å². The minimum atomic E-state index is -0.233. The largest absolute Gasteiger partial charge is 0.493 e. The van der Waals surface area contributed by atoms with Gasteiger partial charge in [-0.25, -0.2) is 4.98 Å². The number of thiazole rings is 1. The first-order chi connectivity index (χ1) is 14.1. The second-order valence-electron chi connectivity index (χ2n) is 6.49. The number of hydrogen-bond acceptors (Lipinski definition) is 6. The van der Waals surface area contributed by atoms with Crippen LogP contribution in [0.5, 0.6) is 11.5 Å². The van der Waals surface area contributed by atoms with Crippen LogP contribution < -0.4 is 20.1 Å². The highest BCUT2D eigenvalue weighted by Gasteiger charge is 2.12. The molecule has 3 rings (SSSR count). The van der Waals surface area contributed by atoms with Crippen molar-refractivity contribution in [2.45, 2.75) is 26.2 Å². The molecule has 0 aliphatic carbocycles. The Balaban J connectivity index is 1.62. The summed E-state index contributed by atoms with van der Waals surface area (Å²) in [5.74, 6) is 1.04. The molecule has 0 saturated carbocycles. The molecule has 0 aliphatic rings. The maximum Gasteiger partial charge on any atom is 0.275 e. The van der Waals surface area contributed by atoms with Gasteiger partial charge in [0.15, 0.2) is 16.6 Å². The summed E-state index contributed by atoms with van der Waals surface area (Å²) < 4.78 is 10.5. The first-order valence-electron chi connectivity index (χ1n) is 9.47. The minimum Gasteiger partial charge on any atom is -0.493 e. The van der Waals surface area contributed by atoms with E-state index in [0.29, 0.717) is 22.3 Å². The summed E-state index contributed by atoms with van der Waals surface area (Å²) in [6.45, 7) is 2.18. The van der Waals surface area contributed by atoms with Crippen molar-refractivity contribution in [2.24, 2.45) is 0 Å². The molecule has 0 saturated heterocycles. The molecule has 2 N–H and O–H groups in total. The first-order valence-corrected chi connectivity index (χ1v) is 10.4. The zero-order valence-corrected chi connectivity index (χ0v) is 17.6. The Hall–Kier alpha value is -3.06. The highest BCUT2D eigenvalue weighted by molar-refractivity contribution is 7.14. The second-order valence-corrected chi connectivity index (χ2v) is 7.35. The number of aryl methyl sites for hydroxylation is 1. The molecular weight excluding hydrogens is 386 g/mol. The molecule has 1 heterocycles. The standard InChI is InChI=1S/C22H25N3O3S/c1-4-5-6-15-7-9-16(10-8-15)23-21(26)18-14-29-22(25-18)24-17-11-12-19(27-2)20(13-17)28-3/h7-14H,4-6H2,1-3H3,(H,23,26)(H,24,25). The zero-order valence-electron chi connectivity index (χ0n) is 16.8. The highest BCUT2D eigenvalue weighted by Crippen LogP contribution is 2.31. The zero-order chi connectivity index (χ0) is 20.6. The van der Waals surface area contributed by atoms with Gasteiger partial charge in [-0.15, -0.1) is 11.3 Å². The number of carbonyl (C=O) groups is 1. The van der Waals surface area contributed by atoms with Crippen LogP contribution in [0.25, 0.3) is 0 Å². The third kappa shape index (κ3) is 5.48. The minimum absolute atomic E-state index is 0.233. The van der Waals surface area contributed by atoms with Crippen LogP contribution in [0.2, 0.25) is 0 Å². The summed E-state index contributed by atoms with van der Waals surface area (Å²) in [6, 6.07) is 13.5. The third-order valence-electron chi connectivity index (χ3n) is 4.40. The van der Waals surface area contributed by atoms with Crippen molar-refractivity contribution < 1.29 is 14.3 Å². The van der Waals surface area contributed by atoms with Gasteiger partial charge in [0.1, 0.15) is 5.69 Å². The molecule has 152 valence electrons. The number of carbonyl (C=O) groups excluding carboxylic acids is 1. The van der Waals surface area contributed by atoms with Crippen molar-refractivity contribution in [1.29, 1.82) is 0 Å². The van der Waals surface area contributed by atoms with Crippen LogP contribution >= 0.6 is 11.3 Å². The Kier molecular flexibility index (Phi) is 7.08. The van der Waals surface area contributed by atoms with Crippen LogP contribution in [0.3, 0.4) is 0 Å². The molecule has 2 aromatic carbocycles. The number of ether oxygens (including phenoxy) is 2. The van der Waals surface area contributed by atoms with E-state index in [1.54, 1.807) is 19.6 Å². The fraction of sp³-hybridized carbons (Fsp3) is 0.273. The Morgan fingerprint density at radius 3 is 2.45 bits per heavy atom. The summed E-state index contributed by atoms with van der Waals surface area (Å²) >= 11 is 1.36. The molecule has 3 aromatic rings. The molecule has 7 heteroatoms. The number of aromatic nitrogens is 1. The van der Waals surface area contributed by atoms with Crippen LogP contribution in [0.4, 0.5) is 16.5 Å². The molecule has 0 fully saturated rings. The van der Waals surface area contributed by atoms with Crippen LogP contribution in [-0.4, -0.2) is 25.1 Å². The van der Waals surface area contributed by atoms with E-state index in [-0.39, 0.29) is 5.91 Å². The Morgan fingerprint density at radius 2 is 1.76 bits per heavy atom. The number of rotatable bonds is 9. The van der Waals surface area contributed by atoms with Crippen molar-refractivity contribution in [2.75, 3.05) is 24.9 Å². The molecule has 1 amide bonds. The van der Waals surface area contributed by atoms with Gasteiger partial charge >= 0.3 is 0 Å². The summed E-state index contributed by atoms with van der Waals surface area (Å²) in [7, 11) is 3.18. The van der Waals surface area contributed by atoms with Crippen molar-refractivity contribution in [3.05, 3.63) is 59.1 Å². The molecular formula is C22H25N3O3S. The lowest BCUT2D eigenvalue weighted by Gasteiger charge is -2.09. The highest BCUT2D eigenvalue weighted by atomic mass is 32.1. The monoisotopic (exact) mass is 411 g/mol. The molecule has 0 spiro atoms. The van der Waals surface area contributed by atoms with Crippen LogP contribution in [0, 0.1) is 0 Å². The molecule has 29 heavy (non-hydrogen) atoms. The van der Waals surface area contributed by atoms with Gasteiger partial charge in [-0.3, -0.25) is 4.79 Å².